The first-order valence-corrected chi connectivity index (χ1v) is 8.72. The Bertz CT molecular complexity index is 671. The fourth-order valence-corrected chi connectivity index (χ4v) is 3.06. The molecule has 2 aromatic rings. The number of ether oxygens (including phenoxy) is 2. The van der Waals surface area contributed by atoms with Crippen LogP contribution in [0, 0.1) is 6.92 Å². The van der Waals surface area contributed by atoms with Gasteiger partial charge in [-0.3, -0.25) is 4.79 Å². The standard InChI is InChI=1S/C18H24N2O3S/c1-12-10-16(22-3)17(23-4)11-15(12)20-13(2)18(21)19-8-7-14-6-5-9-24-14/h5-6,9-11,13,20H,7-8H2,1-4H3,(H,19,21)/t13-/m1/s1. The van der Waals surface area contributed by atoms with E-state index >= 15 is 0 Å². The number of aryl methyl sites for hydroxylation is 1. The summed E-state index contributed by atoms with van der Waals surface area (Å²) in [4.78, 5) is 13.5. The lowest BCUT2D eigenvalue weighted by Crippen LogP contribution is -2.38. The maximum absolute atomic E-state index is 12.2. The minimum Gasteiger partial charge on any atom is -0.493 e. The highest BCUT2D eigenvalue weighted by Crippen LogP contribution is 2.33. The largest absolute Gasteiger partial charge is 0.493 e. The van der Waals surface area contributed by atoms with E-state index in [0.717, 1.165) is 17.7 Å². The van der Waals surface area contributed by atoms with Crippen LogP contribution in [0.25, 0.3) is 0 Å². The topological polar surface area (TPSA) is 59.6 Å². The molecule has 1 heterocycles. The third-order valence-electron chi connectivity index (χ3n) is 3.75. The van der Waals surface area contributed by atoms with Gasteiger partial charge in [-0.1, -0.05) is 6.07 Å². The molecule has 0 fully saturated rings. The predicted octanol–water partition coefficient (Wildman–Crippen LogP) is 3.23. The second-order valence-electron chi connectivity index (χ2n) is 5.51. The highest BCUT2D eigenvalue weighted by Gasteiger charge is 2.15. The van der Waals surface area contributed by atoms with Crippen molar-refractivity contribution in [2.45, 2.75) is 26.3 Å². The van der Waals surface area contributed by atoms with Crippen LogP contribution in [0.5, 0.6) is 11.5 Å². The van der Waals surface area contributed by atoms with E-state index in [1.807, 2.05) is 37.4 Å². The molecule has 5 nitrogen and oxygen atoms in total. The van der Waals surface area contributed by atoms with Gasteiger partial charge in [0.1, 0.15) is 6.04 Å². The van der Waals surface area contributed by atoms with Crippen molar-refractivity contribution >= 4 is 22.9 Å². The summed E-state index contributed by atoms with van der Waals surface area (Å²) >= 11 is 1.70. The van der Waals surface area contributed by atoms with Crippen molar-refractivity contribution in [3.8, 4) is 11.5 Å². The van der Waals surface area contributed by atoms with E-state index in [2.05, 4.69) is 16.7 Å². The molecule has 1 amide bonds. The van der Waals surface area contributed by atoms with Gasteiger partial charge in [0.15, 0.2) is 11.5 Å². The number of hydrogen-bond donors (Lipinski definition) is 2. The number of carbonyl (C=O) groups is 1. The molecule has 6 heteroatoms. The molecule has 0 aliphatic heterocycles. The van der Waals surface area contributed by atoms with Gasteiger partial charge in [-0.25, -0.2) is 0 Å². The van der Waals surface area contributed by atoms with Gasteiger partial charge in [0.05, 0.1) is 14.2 Å². The molecule has 130 valence electrons. The summed E-state index contributed by atoms with van der Waals surface area (Å²) in [6.45, 7) is 4.44. The lowest BCUT2D eigenvalue weighted by molar-refractivity contribution is -0.121. The van der Waals surface area contributed by atoms with E-state index in [0.29, 0.717) is 18.0 Å². The Morgan fingerprint density at radius 3 is 2.58 bits per heavy atom. The van der Waals surface area contributed by atoms with Crippen molar-refractivity contribution in [2.24, 2.45) is 0 Å². The zero-order valence-electron chi connectivity index (χ0n) is 14.5. The first-order valence-electron chi connectivity index (χ1n) is 7.84. The summed E-state index contributed by atoms with van der Waals surface area (Å²) in [6.07, 6.45) is 0.853. The van der Waals surface area contributed by atoms with Gasteiger partial charge in [-0.2, -0.15) is 0 Å². The number of hydrogen-bond acceptors (Lipinski definition) is 5. The van der Waals surface area contributed by atoms with E-state index in [-0.39, 0.29) is 11.9 Å². The molecule has 2 N–H and O–H groups in total. The normalized spacial score (nSPS) is 11.7. The van der Waals surface area contributed by atoms with Crippen molar-refractivity contribution in [2.75, 3.05) is 26.1 Å². The monoisotopic (exact) mass is 348 g/mol. The van der Waals surface area contributed by atoms with E-state index in [1.165, 1.54) is 4.88 Å². The van der Waals surface area contributed by atoms with Gasteiger partial charge >= 0.3 is 0 Å². The Balaban J connectivity index is 1.93. The van der Waals surface area contributed by atoms with Gasteiger partial charge < -0.3 is 20.1 Å². The highest BCUT2D eigenvalue weighted by atomic mass is 32.1. The van der Waals surface area contributed by atoms with E-state index in [9.17, 15) is 4.79 Å². The zero-order valence-corrected chi connectivity index (χ0v) is 15.3. The van der Waals surface area contributed by atoms with E-state index in [4.69, 9.17) is 9.47 Å². The molecular weight excluding hydrogens is 324 g/mol. The van der Waals surface area contributed by atoms with E-state index < -0.39 is 0 Å². The second kappa shape index (κ2) is 8.59. The number of amides is 1. The summed E-state index contributed by atoms with van der Waals surface area (Å²) in [7, 11) is 3.20. The Kier molecular flexibility index (Phi) is 6.49. The van der Waals surface area contributed by atoms with Crippen LogP contribution in [0.15, 0.2) is 29.6 Å². The van der Waals surface area contributed by atoms with Crippen LogP contribution >= 0.6 is 11.3 Å². The van der Waals surface area contributed by atoms with Crippen molar-refractivity contribution in [3.63, 3.8) is 0 Å². The van der Waals surface area contributed by atoms with Crippen LogP contribution in [0.1, 0.15) is 17.4 Å². The van der Waals surface area contributed by atoms with E-state index in [1.54, 1.807) is 25.6 Å². The number of rotatable bonds is 8. The molecule has 1 aromatic heterocycles. The van der Waals surface area contributed by atoms with Gasteiger partial charge in [0.25, 0.3) is 0 Å². The number of thiophene rings is 1. The highest BCUT2D eigenvalue weighted by molar-refractivity contribution is 7.09. The summed E-state index contributed by atoms with van der Waals surface area (Å²) in [5.74, 6) is 1.28. The molecule has 1 atom stereocenters. The molecule has 0 saturated heterocycles. The van der Waals surface area contributed by atoms with Crippen molar-refractivity contribution in [1.82, 2.24) is 5.32 Å². The maximum atomic E-state index is 12.2. The third kappa shape index (κ3) is 4.64. The van der Waals surface area contributed by atoms with Crippen LogP contribution in [0.4, 0.5) is 5.69 Å². The molecule has 2 rings (SSSR count). The van der Waals surface area contributed by atoms with Crippen LogP contribution < -0.4 is 20.1 Å². The zero-order chi connectivity index (χ0) is 17.5. The van der Waals surface area contributed by atoms with Crippen molar-refractivity contribution < 1.29 is 14.3 Å². The first kappa shape index (κ1) is 18.1. The number of carbonyl (C=O) groups excluding carboxylic acids is 1. The fraction of sp³-hybridized carbons (Fsp3) is 0.389. The molecule has 1 aromatic carbocycles. The predicted molar refractivity (Wildman–Crippen MR) is 98.4 cm³/mol. The Morgan fingerprint density at radius 2 is 1.96 bits per heavy atom. The molecule has 0 spiro atoms. The minimum absolute atomic E-state index is 0.0271. The SMILES string of the molecule is COc1cc(C)c(N[C@H](C)C(=O)NCCc2cccs2)cc1OC. The maximum Gasteiger partial charge on any atom is 0.242 e. The van der Waals surface area contributed by atoms with Gasteiger partial charge in [0.2, 0.25) is 5.91 Å². The first-order chi connectivity index (χ1) is 11.5. The summed E-state index contributed by atoms with van der Waals surface area (Å²) < 4.78 is 10.6. The summed E-state index contributed by atoms with van der Waals surface area (Å²) in [5.41, 5.74) is 1.85. The molecule has 0 radical (unpaired) electrons. The molecule has 0 aliphatic rings. The molecule has 0 aliphatic carbocycles. The fourth-order valence-electron chi connectivity index (χ4n) is 2.35. The van der Waals surface area contributed by atoms with Gasteiger partial charge in [-0.15, -0.1) is 11.3 Å². The lowest BCUT2D eigenvalue weighted by atomic mass is 10.1. The molecule has 0 unspecified atom stereocenters. The van der Waals surface area contributed by atoms with Crippen LogP contribution in [0.3, 0.4) is 0 Å². The average Bonchev–Trinajstić information content (AvgIpc) is 3.09. The van der Waals surface area contributed by atoms with Gasteiger partial charge in [-0.05, 0) is 43.3 Å². The number of benzene rings is 1. The Hall–Kier alpha value is -2.21. The number of nitrogens with one attached hydrogen (secondary N) is 2. The smallest absolute Gasteiger partial charge is 0.242 e. The minimum atomic E-state index is -0.342. The number of methoxy groups -OCH3 is 2. The van der Waals surface area contributed by atoms with Crippen LogP contribution in [-0.4, -0.2) is 32.7 Å². The third-order valence-corrected chi connectivity index (χ3v) is 4.68. The molecular formula is C18H24N2O3S. The number of anilines is 1. The lowest BCUT2D eigenvalue weighted by Gasteiger charge is -2.18. The molecule has 0 bridgehead atoms. The quantitative estimate of drug-likeness (QED) is 0.769. The van der Waals surface area contributed by atoms with Crippen LogP contribution in [0.2, 0.25) is 0 Å². The molecule has 24 heavy (non-hydrogen) atoms. The van der Waals surface area contributed by atoms with Crippen molar-refractivity contribution in [3.05, 3.63) is 40.1 Å². The average molecular weight is 348 g/mol. The second-order valence-corrected chi connectivity index (χ2v) is 6.54. The van der Waals surface area contributed by atoms with Gasteiger partial charge in [0, 0.05) is 23.2 Å². The molecule has 0 saturated carbocycles. The summed E-state index contributed by atoms with van der Waals surface area (Å²) in [5, 5.41) is 8.24. The van der Waals surface area contributed by atoms with Crippen molar-refractivity contribution in [1.29, 1.82) is 0 Å². The Labute approximate surface area is 147 Å². The van der Waals surface area contributed by atoms with Crippen LogP contribution in [-0.2, 0) is 11.2 Å². The summed E-state index contributed by atoms with van der Waals surface area (Å²) in [6, 6.07) is 7.49. The Morgan fingerprint density at radius 1 is 1.25 bits per heavy atom.